The molecule has 18 heavy (non-hydrogen) atoms. The van der Waals surface area contributed by atoms with Gasteiger partial charge >= 0.3 is 6.09 Å². The number of nitrogens with zero attached hydrogens (tertiary/aromatic N) is 1. The third-order valence-electron chi connectivity index (χ3n) is 2.39. The summed E-state index contributed by atoms with van der Waals surface area (Å²) in [5, 5.41) is 2.61. The Hall–Kier alpha value is -2.30. The molecule has 2 N–H and O–H groups in total. The van der Waals surface area contributed by atoms with Gasteiger partial charge in [0.15, 0.2) is 0 Å². The lowest BCUT2D eigenvalue weighted by molar-refractivity contribution is 0.151. The van der Waals surface area contributed by atoms with Crippen molar-refractivity contribution < 1.29 is 9.53 Å². The number of rotatable bonds is 4. The molecule has 0 aliphatic heterocycles. The Morgan fingerprint density at radius 1 is 1.39 bits per heavy atom. The van der Waals surface area contributed by atoms with Crippen LogP contribution in [0.3, 0.4) is 0 Å². The molecule has 2 aromatic rings. The summed E-state index contributed by atoms with van der Waals surface area (Å²) in [7, 11) is 0. The van der Waals surface area contributed by atoms with E-state index in [0.29, 0.717) is 19.0 Å². The molecule has 0 aliphatic rings. The van der Waals surface area contributed by atoms with Gasteiger partial charge in [0.2, 0.25) is 0 Å². The number of carbonyl (C=O) groups is 1. The fraction of sp³-hybridized carbons (Fsp3) is 0.231. The number of nitrogens with one attached hydrogen (secondary N) is 2. The van der Waals surface area contributed by atoms with Crippen LogP contribution in [0.5, 0.6) is 0 Å². The van der Waals surface area contributed by atoms with Crippen molar-refractivity contribution in [3.63, 3.8) is 0 Å². The van der Waals surface area contributed by atoms with Crippen molar-refractivity contribution in [3.05, 3.63) is 42.4 Å². The number of imidazole rings is 1. The van der Waals surface area contributed by atoms with Crippen LogP contribution in [-0.4, -0.2) is 22.7 Å². The molecule has 1 amide bonds. The SMILES string of the molecule is CCOC(=O)NCc1ncc(-c2ccccc2)[nH]1. The van der Waals surface area contributed by atoms with E-state index in [2.05, 4.69) is 15.3 Å². The summed E-state index contributed by atoms with van der Waals surface area (Å²) in [6.07, 6.45) is 1.31. The average Bonchev–Trinajstić information content (AvgIpc) is 2.87. The molecule has 5 heteroatoms. The highest BCUT2D eigenvalue weighted by Gasteiger charge is 2.05. The molecule has 0 spiro atoms. The Bertz CT molecular complexity index is 508. The smallest absolute Gasteiger partial charge is 0.407 e. The van der Waals surface area contributed by atoms with Crippen LogP contribution in [0.15, 0.2) is 36.5 Å². The summed E-state index contributed by atoms with van der Waals surface area (Å²) < 4.78 is 4.76. The molecule has 0 unspecified atom stereocenters. The minimum absolute atomic E-state index is 0.325. The predicted molar refractivity (Wildman–Crippen MR) is 67.9 cm³/mol. The van der Waals surface area contributed by atoms with Crippen LogP contribution < -0.4 is 5.32 Å². The molecule has 1 aromatic carbocycles. The zero-order chi connectivity index (χ0) is 12.8. The standard InChI is InChI=1S/C13H15N3O2/c1-2-18-13(17)15-9-12-14-8-11(16-12)10-6-4-3-5-7-10/h3-8H,2,9H2,1H3,(H,14,16)(H,15,17). The first-order valence-corrected chi connectivity index (χ1v) is 5.79. The summed E-state index contributed by atoms with van der Waals surface area (Å²) in [4.78, 5) is 18.5. The van der Waals surface area contributed by atoms with Crippen molar-refractivity contribution in [1.82, 2.24) is 15.3 Å². The van der Waals surface area contributed by atoms with Gasteiger partial charge in [-0.3, -0.25) is 0 Å². The van der Waals surface area contributed by atoms with Gasteiger partial charge in [-0.25, -0.2) is 9.78 Å². The van der Waals surface area contributed by atoms with Crippen molar-refractivity contribution in [3.8, 4) is 11.3 Å². The summed E-state index contributed by atoms with van der Waals surface area (Å²) in [5.74, 6) is 0.696. The molecule has 0 aliphatic carbocycles. The van der Waals surface area contributed by atoms with Crippen LogP contribution in [0.25, 0.3) is 11.3 Å². The fourth-order valence-corrected chi connectivity index (χ4v) is 1.55. The second-order valence-corrected chi connectivity index (χ2v) is 3.68. The third-order valence-corrected chi connectivity index (χ3v) is 2.39. The van der Waals surface area contributed by atoms with E-state index in [0.717, 1.165) is 11.3 Å². The first-order chi connectivity index (χ1) is 8.79. The van der Waals surface area contributed by atoms with Gasteiger partial charge in [-0.05, 0) is 12.5 Å². The maximum Gasteiger partial charge on any atom is 0.407 e. The van der Waals surface area contributed by atoms with E-state index in [1.165, 1.54) is 0 Å². The van der Waals surface area contributed by atoms with Crippen LogP contribution in [0, 0.1) is 0 Å². The largest absolute Gasteiger partial charge is 0.450 e. The number of hydrogen-bond acceptors (Lipinski definition) is 3. The number of ether oxygens (including phenoxy) is 1. The van der Waals surface area contributed by atoms with E-state index >= 15 is 0 Å². The Morgan fingerprint density at radius 3 is 2.89 bits per heavy atom. The number of aromatic nitrogens is 2. The zero-order valence-electron chi connectivity index (χ0n) is 10.1. The van der Waals surface area contributed by atoms with Crippen molar-refractivity contribution in [1.29, 1.82) is 0 Å². The Labute approximate surface area is 105 Å². The van der Waals surface area contributed by atoms with Gasteiger partial charge in [-0.2, -0.15) is 0 Å². The van der Waals surface area contributed by atoms with Crippen molar-refractivity contribution >= 4 is 6.09 Å². The second kappa shape index (κ2) is 5.86. The summed E-state index contributed by atoms with van der Waals surface area (Å²) >= 11 is 0. The molecular formula is C13H15N3O2. The normalized spacial score (nSPS) is 10.1. The van der Waals surface area contributed by atoms with Crippen LogP contribution >= 0.6 is 0 Å². The quantitative estimate of drug-likeness (QED) is 0.868. The molecule has 0 bridgehead atoms. The van der Waals surface area contributed by atoms with Gasteiger partial charge in [-0.15, -0.1) is 0 Å². The van der Waals surface area contributed by atoms with E-state index in [1.54, 1.807) is 13.1 Å². The molecule has 2 rings (SSSR count). The summed E-state index contributed by atoms with van der Waals surface area (Å²) in [6, 6.07) is 9.88. The molecule has 1 heterocycles. The van der Waals surface area contributed by atoms with E-state index in [1.807, 2.05) is 30.3 Å². The van der Waals surface area contributed by atoms with Gasteiger partial charge in [0.05, 0.1) is 25.0 Å². The number of aromatic amines is 1. The van der Waals surface area contributed by atoms with Crippen molar-refractivity contribution in [2.75, 3.05) is 6.61 Å². The molecule has 0 saturated carbocycles. The highest BCUT2D eigenvalue weighted by atomic mass is 16.5. The van der Waals surface area contributed by atoms with E-state index in [4.69, 9.17) is 4.74 Å². The molecule has 94 valence electrons. The minimum Gasteiger partial charge on any atom is -0.450 e. The highest BCUT2D eigenvalue weighted by Crippen LogP contribution is 2.15. The molecule has 1 aromatic heterocycles. The predicted octanol–water partition coefficient (Wildman–Crippen LogP) is 2.32. The summed E-state index contributed by atoms with van der Waals surface area (Å²) in [6.45, 7) is 2.45. The lowest BCUT2D eigenvalue weighted by atomic mass is 10.2. The number of hydrogen-bond donors (Lipinski definition) is 2. The molecule has 0 radical (unpaired) electrons. The zero-order valence-corrected chi connectivity index (χ0v) is 10.1. The van der Waals surface area contributed by atoms with Gasteiger partial charge in [0, 0.05) is 0 Å². The lowest BCUT2D eigenvalue weighted by Crippen LogP contribution is -2.24. The van der Waals surface area contributed by atoms with Crippen LogP contribution in [0.4, 0.5) is 4.79 Å². The van der Waals surface area contributed by atoms with Crippen molar-refractivity contribution in [2.24, 2.45) is 0 Å². The molecule has 0 fully saturated rings. The topological polar surface area (TPSA) is 67.0 Å². The second-order valence-electron chi connectivity index (χ2n) is 3.68. The molecule has 5 nitrogen and oxygen atoms in total. The highest BCUT2D eigenvalue weighted by molar-refractivity contribution is 5.67. The van der Waals surface area contributed by atoms with E-state index < -0.39 is 6.09 Å². The fourth-order valence-electron chi connectivity index (χ4n) is 1.55. The van der Waals surface area contributed by atoms with E-state index in [-0.39, 0.29) is 0 Å². The first kappa shape index (κ1) is 12.2. The van der Waals surface area contributed by atoms with Crippen LogP contribution in [-0.2, 0) is 11.3 Å². The molecular weight excluding hydrogens is 230 g/mol. The Morgan fingerprint density at radius 2 is 2.17 bits per heavy atom. The maximum atomic E-state index is 11.1. The Balaban J connectivity index is 1.97. The van der Waals surface area contributed by atoms with E-state index in [9.17, 15) is 4.79 Å². The number of benzene rings is 1. The monoisotopic (exact) mass is 245 g/mol. The molecule has 0 atom stereocenters. The van der Waals surface area contributed by atoms with Gasteiger partial charge < -0.3 is 15.0 Å². The van der Waals surface area contributed by atoms with Gasteiger partial charge in [0.1, 0.15) is 5.82 Å². The number of H-pyrrole nitrogens is 1. The first-order valence-electron chi connectivity index (χ1n) is 5.79. The number of amides is 1. The average molecular weight is 245 g/mol. The lowest BCUT2D eigenvalue weighted by Gasteiger charge is -2.02. The number of carbonyl (C=O) groups excluding carboxylic acids is 1. The van der Waals surface area contributed by atoms with Gasteiger partial charge in [-0.1, -0.05) is 30.3 Å². The third kappa shape index (κ3) is 3.10. The Kier molecular flexibility index (Phi) is 3.96. The van der Waals surface area contributed by atoms with Crippen LogP contribution in [0.1, 0.15) is 12.7 Å². The molecule has 0 saturated heterocycles. The van der Waals surface area contributed by atoms with Crippen LogP contribution in [0.2, 0.25) is 0 Å². The van der Waals surface area contributed by atoms with Crippen molar-refractivity contribution in [2.45, 2.75) is 13.5 Å². The van der Waals surface area contributed by atoms with Gasteiger partial charge in [0.25, 0.3) is 0 Å². The minimum atomic E-state index is -0.435. The summed E-state index contributed by atoms with van der Waals surface area (Å²) in [5.41, 5.74) is 1.99. The maximum absolute atomic E-state index is 11.1. The number of alkyl carbamates (subject to hydrolysis) is 1.